The molecule has 1 aromatic rings. The predicted molar refractivity (Wildman–Crippen MR) is 104 cm³/mol. The van der Waals surface area contributed by atoms with Crippen molar-refractivity contribution in [2.75, 3.05) is 53.0 Å². The van der Waals surface area contributed by atoms with Crippen LogP contribution in [-0.4, -0.2) is 82.5 Å². The predicted octanol–water partition coefficient (Wildman–Crippen LogP) is 0.384. The number of carbonyl (C=O) groups is 2. The Balaban J connectivity index is 1.82. The van der Waals surface area contributed by atoms with Crippen molar-refractivity contribution in [1.29, 1.82) is 0 Å². The lowest BCUT2D eigenvalue weighted by Crippen LogP contribution is -2.43. The van der Waals surface area contributed by atoms with Crippen LogP contribution in [-0.2, 0) is 19.6 Å². The van der Waals surface area contributed by atoms with Crippen LogP contribution in [0.4, 0.5) is 9.18 Å². The molecule has 0 saturated carbocycles. The molecule has 2 rings (SSSR count). The molecule has 1 saturated heterocycles. The first-order valence-electron chi connectivity index (χ1n) is 9.38. The molecule has 1 aliphatic rings. The summed E-state index contributed by atoms with van der Waals surface area (Å²) in [4.78, 5) is 25.5. The van der Waals surface area contributed by atoms with Crippen molar-refractivity contribution >= 4 is 22.0 Å². The molecule has 11 heteroatoms. The fourth-order valence-corrected chi connectivity index (χ4v) is 4.34. The number of benzene rings is 1. The Kier molecular flexibility index (Phi) is 8.80. The summed E-state index contributed by atoms with van der Waals surface area (Å²) in [5, 5.41) is 5.34. The first-order valence-corrected chi connectivity index (χ1v) is 10.8. The van der Waals surface area contributed by atoms with Crippen LogP contribution >= 0.6 is 0 Å². The third kappa shape index (κ3) is 6.94. The van der Waals surface area contributed by atoms with Crippen LogP contribution in [0.5, 0.6) is 0 Å². The second-order valence-electron chi connectivity index (χ2n) is 6.52. The van der Waals surface area contributed by atoms with Crippen LogP contribution < -0.4 is 10.6 Å². The number of sulfonamides is 1. The van der Waals surface area contributed by atoms with Crippen molar-refractivity contribution in [3.05, 3.63) is 30.1 Å². The van der Waals surface area contributed by atoms with Crippen LogP contribution in [0.3, 0.4) is 0 Å². The van der Waals surface area contributed by atoms with Gasteiger partial charge in [-0.15, -0.1) is 0 Å². The van der Waals surface area contributed by atoms with Gasteiger partial charge in [-0.05, 0) is 30.7 Å². The molecule has 0 aromatic heterocycles. The number of nitrogens with one attached hydrogen (secondary N) is 2. The molecule has 0 radical (unpaired) electrons. The molecule has 0 bridgehead atoms. The maximum absolute atomic E-state index is 13.1. The molecule has 0 spiro atoms. The molecule has 29 heavy (non-hydrogen) atoms. The lowest BCUT2D eigenvalue weighted by molar-refractivity contribution is -0.121. The quantitative estimate of drug-likeness (QED) is 0.580. The van der Waals surface area contributed by atoms with E-state index in [9.17, 15) is 22.4 Å². The van der Waals surface area contributed by atoms with E-state index >= 15 is 0 Å². The minimum Gasteiger partial charge on any atom is -0.383 e. The summed E-state index contributed by atoms with van der Waals surface area (Å²) < 4.78 is 44.6. The van der Waals surface area contributed by atoms with E-state index in [2.05, 4.69) is 10.6 Å². The van der Waals surface area contributed by atoms with Gasteiger partial charge in [0.15, 0.2) is 0 Å². The SMILES string of the molecule is COCCNC(=O)CCNC(=O)N1CCCN(S(=O)(=O)c2ccc(F)cc2)CC1. The highest BCUT2D eigenvalue weighted by molar-refractivity contribution is 7.89. The smallest absolute Gasteiger partial charge is 0.317 e. The number of hydrogen-bond acceptors (Lipinski definition) is 5. The van der Waals surface area contributed by atoms with Crippen molar-refractivity contribution < 1.29 is 27.1 Å². The molecule has 1 aromatic carbocycles. The Morgan fingerprint density at radius 3 is 2.48 bits per heavy atom. The minimum atomic E-state index is -3.75. The van der Waals surface area contributed by atoms with Crippen LogP contribution in [0.2, 0.25) is 0 Å². The van der Waals surface area contributed by atoms with Crippen molar-refractivity contribution in [3.63, 3.8) is 0 Å². The van der Waals surface area contributed by atoms with Crippen molar-refractivity contribution in [3.8, 4) is 0 Å². The minimum absolute atomic E-state index is 0.0243. The maximum Gasteiger partial charge on any atom is 0.317 e. The Bertz CT molecular complexity index is 788. The van der Waals surface area contributed by atoms with Gasteiger partial charge in [0.1, 0.15) is 5.82 Å². The van der Waals surface area contributed by atoms with Gasteiger partial charge in [0, 0.05) is 52.8 Å². The molecule has 0 aliphatic carbocycles. The molecular formula is C18H27FN4O5S. The Morgan fingerprint density at radius 1 is 1.07 bits per heavy atom. The molecule has 0 unspecified atom stereocenters. The Morgan fingerprint density at radius 2 is 1.79 bits per heavy atom. The van der Waals surface area contributed by atoms with Gasteiger partial charge in [-0.1, -0.05) is 0 Å². The second-order valence-corrected chi connectivity index (χ2v) is 8.46. The fraction of sp³-hybridized carbons (Fsp3) is 0.556. The van der Waals surface area contributed by atoms with Crippen molar-refractivity contribution in [2.24, 2.45) is 0 Å². The highest BCUT2D eigenvalue weighted by Gasteiger charge is 2.28. The average Bonchev–Trinajstić information content (AvgIpc) is 2.95. The topological polar surface area (TPSA) is 108 Å². The number of carbonyl (C=O) groups excluding carboxylic acids is 2. The van der Waals surface area contributed by atoms with Gasteiger partial charge in [0.2, 0.25) is 15.9 Å². The summed E-state index contributed by atoms with van der Waals surface area (Å²) in [6, 6.07) is 4.34. The summed E-state index contributed by atoms with van der Waals surface area (Å²) in [7, 11) is -2.20. The number of amides is 3. The zero-order chi connectivity index (χ0) is 21.3. The second kappa shape index (κ2) is 11.1. The number of hydrogen-bond donors (Lipinski definition) is 2. The van der Waals surface area contributed by atoms with Gasteiger partial charge < -0.3 is 20.3 Å². The molecule has 9 nitrogen and oxygen atoms in total. The van der Waals surface area contributed by atoms with E-state index in [1.807, 2.05) is 0 Å². The van der Waals surface area contributed by atoms with E-state index in [-0.39, 0.29) is 49.4 Å². The first kappa shape index (κ1) is 23.0. The van der Waals surface area contributed by atoms with Gasteiger partial charge in [-0.2, -0.15) is 4.31 Å². The van der Waals surface area contributed by atoms with E-state index < -0.39 is 15.8 Å². The number of nitrogens with zero attached hydrogens (tertiary/aromatic N) is 2. The van der Waals surface area contributed by atoms with Crippen molar-refractivity contribution in [2.45, 2.75) is 17.7 Å². The van der Waals surface area contributed by atoms with Crippen molar-refractivity contribution in [1.82, 2.24) is 19.8 Å². The normalized spacial score (nSPS) is 15.6. The van der Waals surface area contributed by atoms with Gasteiger partial charge in [0.25, 0.3) is 0 Å². The highest BCUT2D eigenvalue weighted by Crippen LogP contribution is 2.18. The molecule has 0 atom stereocenters. The zero-order valence-corrected chi connectivity index (χ0v) is 17.2. The van der Waals surface area contributed by atoms with E-state index in [1.54, 1.807) is 7.11 Å². The maximum atomic E-state index is 13.1. The van der Waals surface area contributed by atoms with Crippen LogP contribution in [0, 0.1) is 5.82 Å². The van der Waals surface area contributed by atoms with Crippen LogP contribution in [0.15, 0.2) is 29.2 Å². The largest absolute Gasteiger partial charge is 0.383 e. The lowest BCUT2D eigenvalue weighted by Gasteiger charge is -2.22. The van der Waals surface area contributed by atoms with Crippen LogP contribution in [0.25, 0.3) is 0 Å². The monoisotopic (exact) mass is 430 g/mol. The standard InChI is InChI=1S/C18H27FN4O5S/c1-28-14-9-20-17(24)7-8-21-18(25)22-10-2-11-23(13-12-22)29(26,27)16-5-3-15(19)4-6-16/h3-6H,2,7-14H2,1H3,(H,20,24)(H,21,25). The highest BCUT2D eigenvalue weighted by atomic mass is 32.2. The molecule has 162 valence electrons. The molecule has 1 aliphatic heterocycles. The number of methoxy groups -OCH3 is 1. The van der Waals surface area contributed by atoms with E-state index in [4.69, 9.17) is 4.74 Å². The molecule has 3 amide bonds. The Labute approximate surface area is 170 Å². The lowest BCUT2D eigenvalue weighted by atomic mass is 10.4. The Hall–Kier alpha value is -2.24. The summed E-state index contributed by atoms with van der Waals surface area (Å²) in [6.45, 7) is 2.06. The number of halogens is 1. The number of rotatable bonds is 8. The number of urea groups is 1. The van der Waals surface area contributed by atoms with E-state index in [1.165, 1.54) is 21.3 Å². The van der Waals surface area contributed by atoms with Gasteiger partial charge in [0.05, 0.1) is 11.5 Å². The molecule has 2 N–H and O–H groups in total. The zero-order valence-electron chi connectivity index (χ0n) is 16.4. The molecule has 1 heterocycles. The van der Waals surface area contributed by atoms with E-state index in [0.29, 0.717) is 26.1 Å². The summed E-state index contributed by atoms with van der Waals surface area (Å²) in [5.74, 6) is -0.690. The van der Waals surface area contributed by atoms with Crippen LogP contribution in [0.1, 0.15) is 12.8 Å². The third-order valence-electron chi connectivity index (χ3n) is 4.45. The molecule has 1 fully saturated rings. The van der Waals surface area contributed by atoms with Gasteiger partial charge in [-0.25, -0.2) is 17.6 Å². The fourth-order valence-electron chi connectivity index (χ4n) is 2.87. The summed E-state index contributed by atoms with van der Waals surface area (Å²) in [6.07, 6.45) is 0.625. The summed E-state index contributed by atoms with van der Waals surface area (Å²) in [5.41, 5.74) is 0. The first-order chi connectivity index (χ1) is 13.8. The molecular weight excluding hydrogens is 403 g/mol. The average molecular weight is 431 g/mol. The number of ether oxygens (including phenoxy) is 1. The van der Waals surface area contributed by atoms with E-state index in [0.717, 1.165) is 12.1 Å². The van der Waals surface area contributed by atoms with Gasteiger partial charge >= 0.3 is 6.03 Å². The van der Waals surface area contributed by atoms with Gasteiger partial charge in [-0.3, -0.25) is 4.79 Å². The third-order valence-corrected chi connectivity index (χ3v) is 6.36. The summed E-state index contributed by atoms with van der Waals surface area (Å²) >= 11 is 0.